The van der Waals surface area contributed by atoms with Gasteiger partial charge in [0.25, 0.3) is 5.78 Å². The molecule has 2 aliphatic rings. The van der Waals surface area contributed by atoms with Crippen LogP contribution in [0.1, 0.15) is 64.8 Å². The molecule has 3 aromatic rings. The fraction of sp³-hybridized carbons (Fsp3) is 0.355. The monoisotopic (exact) mass is 592 g/mol. The van der Waals surface area contributed by atoms with E-state index in [1.54, 1.807) is 43.3 Å². The molecule has 0 radical (unpaired) electrons. The van der Waals surface area contributed by atoms with Gasteiger partial charge in [-0.1, -0.05) is 30.7 Å². The van der Waals surface area contributed by atoms with E-state index in [0.29, 0.717) is 47.1 Å². The van der Waals surface area contributed by atoms with Crippen LogP contribution in [0, 0.1) is 6.92 Å². The number of fused-ring (bicyclic) bond motifs is 1. The molecule has 5 rings (SSSR count). The molecule has 0 bridgehead atoms. The van der Waals surface area contributed by atoms with E-state index in [0.717, 1.165) is 29.7 Å². The molecular formula is C31H32N2O8S. The maximum absolute atomic E-state index is 13.6. The van der Waals surface area contributed by atoms with E-state index in [1.165, 1.54) is 19.1 Å². The van der Waals surface area contributed by atoms with Crippen molar-refractivity contribution < 1.29 is 38.4 Å². The van der Waals surface area contributed by atoms with Gasteiger partial charge in [-0.2, -0.15) is 0 Å². The summed E-state index contributed by atoms with van der Waals surface area (Å²) in [5.74, 6) is -1.06. The van der Waals surface area contributed by atoms with Crippen molar-refractivity contribution in [3.8, 4) is 17.2 Å². The van der Waals surface area contributed by atoms with Gasteiger partial charge in [0.15, 0.2) is 16.6 Å². The maximum atomic E-state index is 13.6. The molecule has 2 aliphatic heterocycles. The van der Waals surface area contributed by atoms with Crippen molar-refractivity contribution in [3.05, 3.63) is 69.2 Å². The van der Waals surface area contributed by atoms with Gasteiger partial charge in [0, 0.05) is 12.0 Å². The number of hydrogen-bond donors (Lipinski definition) is 1. The van der Waals surface area contributed by atoms with Crippen LogP contribution < -0.4 is 19.1 Å². The number of ether oxygens (including phenoxy) is 4. The van der Waals surface area contributed by atoms with Crippen LogP contribution in [0.2, 0.25) is 0 Å². The van der Waals surface area contributed by atoms with Crippen LogP contribution in [0.25, 0.3) is 5.76 Å². The first-order chi connectivity index (χ1) is 20.2. The number of aliphatic hydroxyl groups is 1. The first-order valence-electron chi connectivity index (χ1n) is 13.7. The average Bonchev–Trinajstić information content (AvgIpc) is 3.63. The molecule has 1 fully saturated rings. The topological polar surface area (TPSA) is 124 Å². The quantitative estimate of drug-likeness (QED) is 0.115. The number of ketones is 1. The molecule has 42 heavy (non-hydrogen) atoms. The highest BCUT2D eigenvalue weighted by Gasteiger charge is 2.48. The van der Waals surface area contributed by atoms with Crippen LogP contribution in [-0.4, -0.2) is 54.7 Å². The van der Waals surface area contributed by atoms with E-state index < -0.39 is 23.7 Å². The summed E-state index contributed by atoms with van der Waals surface area (Å²) in [5.41, 5.74) is 2.01. The van der Waals surface area contributed by atoms with Crippen LogP contribution in [0.3, 0.4) is 0 Å². The molecular weight excluding hydrogens is 560 g/mol. The maximum Gasteiger partial charge on any atom is 0.350 e. The summed E-state index contributed by atoms with van der Waals surface area (Å²) in [6.07, 6.45) is 2.47. The number of nitrogens with zero attached hydrogens (tertiary/aromatic N) is 2. The van der Waals surface area contributed by atoms with Crippen LogP contribution in [-0.2, 0) is 20.7 Å². The number of amides is 1. The molecule has 2 atom stereocenters. The molecule has 3 heterocycles. The number of esters is 1. The van der Waals surface area contributed by atoms with E-state index in [2.05, 4.69) is 11.9 Å². The third-order valence-corrected chi connectivity index (χ3v) is 8.37. The Morgan fingerprint density at radius 1 is 1.17 bits per heavy atom. The van der Waals surface area contributed by atoms with Crippen LogP contribution >= 0.6 is 11.3 Å². The van der Waals surface area contributed by atoms with Gasteiger partial charge in [-0.15, -0.1) is 0 Å². The van der Waals surface area contributed by atoms with Crippen molar-refractivity contribution in [2.45, 2.75) is 52.2 Å². The van der Waals surface area contributed by atoms with E-state index in [1.807, 2.05) is 6.92 Å². The van der Waals surface area contributed by atoms with Gasteiger partial charge < -0.3 is 24.1 Å². The number of aromatic nitrogens is 1. The van der Waals surface area contributed by atoms with E-state index >= 15 is 0 Å². The molecule has 0 spiro atoms. The molecule has 1 N–H and O–H groups in total. The molecule has 11 heteroatoms. The van der Waals surface area contributed by atoms with Crippen molar-refractivity contribution >= 4 is 39.9 Å². The number of hydrogen-bond acceptors (Lipinski definition) is 10. The number of rotatable bonds is 9. The predicted molar refractivity (Wildman–Crippen MR) is 157 cm³/mol. The van der Waals surface area contributed by atoms with Gasteiger partial charge in [-0.3, -0.25) is 14.5 Å². The normalized spacial score (nSPS) is 19.0. The molecule has 2 unspecified atom stereocenters. The number of aliphatic hydroxyl groups excluding tert-OH is 1. The molecule has 1 aromatic heterocycles. The Labute approximate surface area is 247 Å². The number of anilines is 1. The van der Waals surface area contributed by atoms with Gasteiger partial charge >= 0.3 is 11.9 Å². The van der Waals surface area contributed by atoms with Gasteiger partial charge in [-0.25, -0.2) is 9.78 Å². The lowest BCUT2D eigenvalue weighted by molar-refractivity contribution is -0.132. The second-order valence-corrected chi connectivity index (χ2v) is 11.1. The first-order valence-corrected chi connectivity index (χ1v) is 14.5. The second-order valence-electron chi connectivity index (χ2n) is 10.1. The summed E-state index contributed by atoms with van der Waals surface area (Å²) >= 11 is 0.937. The highest BCUT2D eigenvalue weighted by atomic mass is 32.1. The van der Waals surface area contributed by atoms with Crippen molar-refractivity contribution in [2.75, 3.05) is 25.7 Å². The number of unbranched alkanes of at least 4 members (excludes halogenated alkanes) is 1. The Hall–Kier alpha value is -4.38. The Morgan fingerprint density at radius 3 is 2.67 bits per heavy atom. The predicted octanol–water partition coefficient (Wildman–Crippen LogP) is 5.38. The average molecular weight is 593 g/mol. The summed E-state index contributed by atoms with van der Waals surface area (Å²) in [7, 11) is 2.76. The SMILES string of the molecule is CCCCOc1ccc(C2/C(=C(\O)c3ccc4c(c3)CC(C)O4)C(=O)C(=O)N2c2nc(C)c(C(=O)OC)s2)cc1OC. The number of Topliss-reactive ketones (excluding diaryl/α,β-unsaturated/α-hetero) is 1. The molecule has 1 amide bonds. The van der Waals surface area contributed by atoms with Gasteiger partial charge in [0.2, 0.25) is 0 Å². The fourth-order valence-electron chi connectivity index (χ4n) is 5.14. The number of thiazole rings is 1. The summed E-state index contributed by atoms with van der Waals surface area (Å²) in [5, 5.41) is 11.7. The lowest BCUT2D eigenvalue weighted by Crippen LogP contribution is -2.29. The minimum atomic E-state index is -1.07. The number of carbonyl (C=O) groups is 3. The van der Waals surface area contributed by atoms with Crippen molar-refractivity contribution in [2.24, 2.45) is 0 Å². The zero-order valence-electron chi connectivity index (χ0n) is 24.1. The zero-order valence-corrected chi connectivity index (χ0v) is 24.9. The lowest BCUT2D eigenvalue weighted by atomic mass is 9.94. The number of aryl methyl sites for hydroxylation is 1. The summed E-state index contributed by atoms with van der Waals surface area (Å²) in [6, 6.07) is 9.22. The highest BCUT2D eigenvalue weighted by molar-refractivity contribution is 7.17. The third-order valence-electron chi connectivity index (χ3n) is 7.23. The van der Waals surface area contributed by atoms with Crippen molar-refractivity contribution in [1.29, 1.82) is 0 Å². The van der Waals surface area contributed by atoms with E-state index in [9.17, 15) is 19.5 Å². The zero-order chi connectivity index (χ0) is 30.1. The van der Waals surface area contributed by atoms with E-state index in [4.69, 9.17) is 18.9 Å². The number of carbonyl (C=O) groups excluding carboxylic acids is 3. The van der Waals surface area contributed by atoms with Crippen LogP contribution in [0.15, 0.2) is 42.0 Å². The molecule has 0 saturated carbocycles. The van der Waals surface area contributed by atoms with Crippen molar-refractivity contribution in [3.63, 3.8) is 0 Å². The van der Waals surface area contributed by atoms with E-state index in [-0.39, 0.29) is 27.4 Å². The molecule has 1 saturated heterocycles. The molecule has 2 aromatic carbocycles. The third kappa shape index (κ3) is 5.20. The molecule has 0 aliphatic carbocycles. The van der Waals surface area contributed by atoms with Crippen LogP contribution in [0.5, 0.6) is 17.2 Å². The Kier molecular flexibility index (Phi) is 8.22. The standard InChI is InChI=1S/C31H32N2O8S/c1-6-7-12-40-22-11-8-18(15-23(22)38-4)25-24(26(34)19-9-10-21-20(14-19)13-16(2)41-21)27(35)29(36)33(25)31-32-17(3)28(42-31)30(37)39-5/h8-11,14-16,25,34H,6-7,12-13H2,1-5H3/b26-24+. The minimum Gasteiger partial charge on any atom is -0.507 e. The van der Waals surface area contributed by atoms with Crippen LogP contribution in [0.4, 0.5) is 5.13 Å². The minimum absolute atomic E-state index is 0.00866. The fourth-order valence-corrected chi connectivity index (χ4v) is 6.15. The van der Waals surface area contributed by atoms with Gasteiger partial charge in [-0.05, 0) is 61.7 Å². The lowest BCUT2D eigenvalue weighted by Gasteiger charge is -2.24. The molecule has 10 nitrogen and oxygen atoms in total. The summed E-state index contributed by atoms with van der Waals surface area (Å²) in [4.78, 5) is 45.5. The summed E-state index contributed by atoms with van der Waals surface area (Å²) in [6.45, 7) is 6.14. The largest absolute Gasteiger partial charge is 0.507 e. The van der Waals surface area contributed by atoms with Gasteiger partial charge in [0.1, 0.15) is 22.5 Å². The smallest absolute Gasteiger partial charge is 0.350 e. The Balaban J connectivity index is 1.67. The number of benzene rings is 2. The summed E-state index contributed by atoms with van der Waals surface area (Å²) < 4.78 is 22.1. The molecule has 220 valence electrons. The second kappa shape index (κ2) is 11.8. The Morgan fingerprint density at radius 2 is 1.95 bits per heavy atom. The highest BCUT2D eigenvalue weighted by Crippen LogP contribution is 2.46. The van der Waals surface area contributed by atoms with Gasteiger partial charge in [0.05, 0.1) is 38.1 Å². The Bertz CT molecular complexity index is 1590. The first kappa shape index (κ1) is 29.1. The van der Waals surface area contributed by atoms with Crippen molar-refractivity contribution in [1.82, 2.24) is 4.98 Å². The number of methoxy groups -OCH3 is 2.